The van der Waals surface area contributed by atoms with E-state index in [-0.39, 0.29) is 10.7 Å². The van der Waals surface area contributed by atoms with Crippen LogP contribution in [0.15, 0.2) is 0 Å². The number of thioether (sulfide) groups is 1. The van der Waals surface area contributed by atoms with Gasteiger partial charge in [-0.25, -0.2) is 0 Å². The van der Waals surface area contributed by atoms with Crippen molar-refractivity contribution in [3.63, 3.8) is 0 Å². The Morgan fingerprint density at radius 1 is 1.62 bits per heavy atom. The Balaban J connectivity index is 2.40. The molecular formula is C12H23NO2S. The first kappa shape index (κ1) is 13.8. The highest BCUT2D eigenvalue weighted by Gasteiger charge is 2.37. The third-order valence-corrected chi connectivity index (χ3v) is 4.64. The molecule has 1 saturated heterocycles. The van der Waals surface area contributed by atoms with Gasteiger partial charge in [-0.05, 0) is 38.9 Å². The number of aliphatic hydroxyl groups is 1. The number of nitrogens with one attached hydrogen (secondary N) is 1. The predicted octanol–water partition coefficient (Wildman–Crippen LogP) is 1.94. The van der Waals surface area contributed by atoms with E-state index in [2.05, 4.69) is 5.32 Å². The van der Waals surface area contributed by atoms with Crippen LogP contribution in [-0.2, 0) is 4.79 Å². The fourth-order valence-corrected chi connectivity index (χ4v) is 3.27. The van der Waals surface area contributed by atoms with E-state index in [4.69, 9.17) is 0 Å². The molecular weight excluding hydrogens is 222 g/mol. The van der Waals surface area contributed by atoms with Gasteiger partial charge in [-0.2, -0.15) is 0 Å². The third kappa shape index (κ3) is 3.67. The summed E-state index contributed by atoms with van der Waals surface area (Å²) >= 11 is 1.72. The quantitative estimate of drug-likeness (QED) is 0.778. The summed E-state index contributed by atoms with van der Waals surface area (Å²) in [4.78, 5) is 12.0. The molecule has 1 rings (SSSR count). The topological polar surface area (TPSA) is 49.3 Å². The smallest absolute Gasteiger partial charge is 0.236 e. The Morgan fingerprint density at radius 2 is 2.31 bits per heavy atom. The number of carbonyl (C=O) groups excluding carboxylic acids is 1. The van der Waals surface area contributed by atoms with Gasteiger partial charge < -0.3 is 10.4 Å². The molecule has 0 radical (unpaired) electrons. The molecule has 0 aromatic carbocycles. The van der Waals surface area contributed by atoms with Gasteiger partial charge in [0.15, 0.2) is 0 Å². The van der Waals surface area contributed by atoms with Crippen molar-refractivity contribution in [2.24, 2.45) is 0 Å². The highest BCUT2D eigenvalue weighted by molar-refractivity contribution is 8.01. The number of hydrogen-bond acceptors (Lipinski definition) is 3. The molecule has 0 aromatic heterocycles. The molecule has 3 nitrogen and oxygen atoms in total. The van der Waals surface area contributed by atoms with Gasteiger partial charge in [0.1, 0.15) is 0 Å². The summed E-state index contributed by atoms with van der Waals surface area (Å²) in [5.41, 5.74) is -0.774. The van der Waals surface area contributed by atoms with Crippen LogP contribution in [0.2, 0.25) is 0 Å². The highest BCUT2D eigenvalue weighted by Crippen LogP contribution is 2.37. The SMILES string of the molecule is CCCC(C)(O)CNC(=O)C1(C)CCCS1. The van der Waals surface area contributed by atoms with E-state index in [1.807, 2.05) is 13.8 Å². The van der Waals surface area contributed by atoms with E-state index in [1.54, 1.807) is 18.7 Å². The van der Waals surface area contributed by atoms with Crippen LogP contribution in [0.3, 0.4) is 0 Å². The molecule has 1 aliphatic rings. The minimum Gasteiger partial charge on any atom is -0.388 e. The van der Waals surface area contributed by atoms with Crippen molar-refractivity contribution < 1.29 is 9.90 Å². The van der Waals surface area contributed by atoms with E-state index in [0.29, 0.717) is 6.54 Å². The fourth-order valence-electron chi connectivity index (χ4n) is 2.04. The maximum atomic E-state index is 12.0. The molecule has 0 aliphatic carbocycles. The molecule has 0 aromatic rings. The number of hydrogen-bond donors (Lipinski definition) is 2. The van der Waals surface area contributed by atoms with Crippen LogP contribution in [0.1, 0.15) is 46.5 Å². The molecule has 0 bridgehead atoms. The van der Waals surface area contributed by atoms with Gasteiger partial charge in [-0.15, -0.1) is 11.8 Å². The average molecular weight is 245 g/mol. The van der Waals surface area contributed by atoms with Crippen molar-refractivity contribution in [3.05, 3.63) is 0 Å². The average Bonchev–Trinajstić information content (AvgIpc) is 2.63. The summed E-state index contributed by atoms with van der Waals surface area (Å²) in [7, 11) is 0. The molecule has 1 amide bonds. The van der Waals surface area contributed by atoms with E-state index < -0.39 is 5.60 Å². The van der Waals surface area contributed by atoms with Gasteiger partial charge in [-0.3, -0.25) is 4.79 Å². The normalized spacial score (nSPS) is 28.8. The lowest BCUT2D eigenvalue weighted by molar-refractivity contribution is -0.124. The standard InChI is InChI=1S/C12H23NO2S/c1-4-6-11(2,15)9-13-10(14)12(3)7-5-8-16-12/h15H,4-9H2,1-3H3,(H,13,14). The van der Waals surface area contributed by atoms with Crippen LogP contribution in [0.5, 0.6) is 0 Å². The Hall–Kier alpha value is -0.220. The molecule has 1 aliphatic heterocycles. The van der Waals surface area contributed by atoms with Crippen LogP contribution in [-0.4, -0.2) is 33.7 Å². The molecule has 4 heteroatoms. The molecule has 1 fully saturated rings. The van der Waals surface area contributed by atoms with Crippen molar-refractivity contribution in [3.8, 4) is 0 Å². The van der Waals surface area contributed by atoms with Gasteiger partial charge >= 0.3 is 0 Å². The van der Waals surface area contributed by atoms with E-state index in [1.165, 1.54) is 0 Å². The van der Waals surface area contributed by atoms with Crippen LogP contribution in [0.25, 0.3) is 0 Å². The second-order valence-corrected chi connectivity index (χ2v) is 6.71. The molecule has 16 heavy (non-hydrogen) atoms. The van der Waals surface area contributed by atoms with E-state index in [9.17, 15) is 9.90 Å². The van der Waals surface area contributed by atoms with Crippen molar-refractivity contribution in [1.82, 2.24) is 5.32 Å². The van der Waals surface area contributed by atoms with Crippen molar-refractivity contribution in [1.29, 1.82) is 0 Å². The number of rotatable bonds is 5. The van der Waals surface area contributed by atoms with Gasteiger partial charge in [0.25, 0.3) is 0 Å². The van der Waals surface area contributed by atoms with E-state index >= 15 is 0 Å². The zero-order valence-corrected chi connectivity index (χ0v) is 11.3. The van der Waals surface area contributed by atoms with Gasteiger partial charge in [0, 0.05) is 6.54 Å². The number of carbonyl (C=O) groups is 1. The third-order valence-electron chi connectivity index (χ3n) is 3.12. The summed E-state index contributed by atoms with van der Waals surface area (Å²) in [6.45, 7) is 6.16. The first-order chi connectivity index (χ1) is 7.40. The second kappa shape index (κ2) is 5.41. The summed E-state index contributed by atoms with van der Waals surface area (Å²) < 4.78 is -0.276. The lowest BCUT2D eigenvalue weighted by atomic mass is 9.99. The maximum absolute atomic E-state index is 12.0. The lowest BCUT2D eigenvalue weighted by Crippen LogP contribution is -2.47. The minimum atomic E-state index is -0.774. The largest absolute Gasteiger partial charge is 0.388 e. The summed E-state index contributed by atoms with van der Waals surface area (Å²) in [5.74, 6) is 1.14. The Morgan fingerprint density at radius 3 is 2.81 bits per heavy atom. The Bertz CT molecular complexity index is 247. The Kier molecular flexibility index (Phi) is 4.68. The van der Waals surface area contributed by atoms with Crippen LogP contribution in [0, 0.1) is 0 Å². The monoisotopic (exact) mass is 245 g/mol. The molecule has 0 saturated carbocycles. The van der Waals surface area contributed by atoms with Crippen molar-refractivity contribution in [2.45, 2.75) is 56.8 Å². The molecule has 2 atom stereocenters. The van der Waals surface area contributed by atoms with E-state index in [0.717, 1.165) is 31.4 Å². The van der Waals surface area contributed by atoms with Crippen LogP contribution < -0.4 is 5.32 Å². The van der Waals surface area contributed by atoms with Gasteiger partial charge in [-0.1, -0.05) is 13.3 Å². The predicted molar refractivity (Wildman–Crippen MR) is 68.6 cm³/mol. The molecule has 0 spiro atoms. The zero-order chi connectivity index (χ0) is 12.2. The number of amides is 1. The first-order valence-corrected chi connectivity index (χ1v) is 7.03. The maximum Gasteiger partial charge on any atom is 0.236 e. The van der Waals surface area contributed by atoms with Crippen molar-refractivity contribution in [2.75, 3.05) is 12.3 Å². The van der Waals surface area contributed by atoms with Crippen LogP contribution >= 0.6 is 11.8 Å². The lowest BCUT2D eigenvalue weighted by Gasteiger charge is -2.27. The summed E-state index contributed by atoms with van der Waals surface area (Å²) in [5, 5.41) is 12.8. The minimum absolute atomic E-state index is 0.0754. The van der Waals surface area contributed by atoms with Crippen LogP contribution in [0.4, 0.5) is 0 Å². The fraction of sp³-hybridized carbons (Fsp3) is 0.917. The molecule has 94 valence electrons. The highest BCUT2D eigenvalue weighted by atomic mass is 32.2. The molecule has 2 unspecified atom stereocenters. The summed E-state index contributed by atoms with van der Waals surface area (Å²) in [6.07, 6.45) is 3.70. The Labute approximate surface area is 102 Å². The summed E-state index contributed by atoms with van der Waals surface area (Å²) in [6, 6.07) is 0. The van der Waals surface area contributed by atoms with Gasteiger partial charge in [0.05, 0.1) is 10.3 Å². The van der Waals surface area contributed by atoms with Crippen molar-refractivity contribution >= 4 is 17.7 Å². The molecule has 2 N–H and O–H groups in total. The first-order valence-electron chi connectivity index (χ1n) is 6.04. The van der Waals surface area contributed by atoms with Gasteiger partial charge in [0.2, 0.25) is 5.91 Å². The molecule has 1 heterocycles. The second-order valence-electron chi connectivity index (χ2n) is 5.11. The zero-order valence-electron chi connectivity index (χ0n) is 10.5.